The Labute approximate surface area is 176 Å². The predicted octanol–water partition coefficient (Wildman–Crippen LogP) is 3.18. The molecule has 152 valence electrons. The van der Waals surface area contributed by atoms with Crippen molar-refractivity contribution in [2.24, 2.45) is 0 Å². The lowest BCUT2D eigenvalue weighted by Crippen LogP contribution is -2.41. The van der Waals surface area contributed by atoms with E-state index < -0.39 is 11.8 Å². The molecule has 0 fully saturated rings. The molecule has 29 heavy (non-hydrogen) atoms. The number of hydrogen-bond acceptors (Lipinski definition) is 6. The molecule has 1 aliphatic rings. The molecule has 0 unspecified atom stereocenters. The molecule has 0 saturated heterocycles. The van der Waals surface area contributed by atoms with E-state index in [1.807, 2.05) is 27.4 Å². The van der Waals surface area contributed by atoms with Gasteiger partial charge < -0.3 is 10.6 Å². The Hall–Kier alpha value is -2.52. The van der Waals surface area contributed by atoms with Crippen LogP contribution in [0.1, 0.15) is 37.8 Å². The number of thiophene rings is 1. The van der Waals surface area contributed by atoms with Gasteiger partial charge in [-0.1, -0.05) is 17.7 Å². The quantitative estimate of drug-likeness (QED) is 0.446. The second-order valence-corrected chi connectivity index (χ2v) is 8.74. The number of amides is 2. The zero-order valence-corrected chi connectivity index (χ0v) is 17.7. The van der Waals surface area contributed by atoms with E-state index in [0.717, 1.165) is 34.8 Å². The number of aromatic nitrogens is 3. The number of rotatable bonds is 7. The molecule has 9 heteroatoms. The second kappa shape index (κ2) is 9.32. The van der Waals surface area contributed by atoms with Gasteiger partial charge in [0.15, 0.2) is 5.82 Å². The van der Waals surface area contributed by atoms with Crippen LogP contribution in [0.15, 0.2) is 34.5 Å². The first kappa shape index (κ1) is 19.8. The molecule has 4 rings (SSSR count). The second-order valence-electron chi connectivity index (χ2n) is 6.95. The first-order chi connectivity index (χ1) is 14.2. The average molecular weight is 430 g/mol. The summed E-state index contributed by atoms with van der Waals surface area (Å²) in [5.74, 6) is -0.450. The van der Waals surface area contributed by atoms with E-state index >= 15 is 0 Å². The number of carbonyl (C=O) groups is 2. The normalized spacial score (nSPS) is 14.0. The highest BCUT2D eigenvalue weighted by atomic mass is 32.1. The molecule has 0 saturated carbocycles. The Balaban J connectivity index is 1.23. The summed E-state index contributed by atoms with van der Waals surface area (Å²) in [4.78, 5) is 30.4. The van der Waals surface area contributed by atoms with Crippen molar-refractivity contribution >= 4 is 39.4 Å². The van der Waals surface area contributed by atoms with Crippen molar-refractivity contribution in [2.75, 3.05) is 13.1 Å². The Morgan fingerprint density at radius 2 is 1.93 bits per heavy atom. The molecule has 2 amide bonds. The van der Waals surface area contributed by atoms with Crippen LogP contribution in [-0.2, 0) is 16.0 Å². The number of nitrogens with zero attached hydrogens (tertiary/aromatic N) is 3. The van der Waals surface area contributed by atoms with Crippen LogP contribution in [0, 0.1) is 0 Å². The predicted molar refractivity (Wildman–Crippen MR) is 115 cm³/mol. The van der Waals surface area contributed by atoms with E-state index in [0.29, 0.717) is 25.3 Å². The molecule has 0 spiro atoms. The smallest absolute Gasteiger partial charge is 0.309 e. The van der Waals surface area contributed by atoms with Gasteiger partial charge in [-0.15, -0.1) is 27.8 Å². The molecular weight excluding hydrogens is 406 g/mol. The van der Waals surface area contributed by atoms with Crippen LogP contribution in [-0.4, -0.2) is 39.5 Å². The van der Waals surface area contributed by atoms with Crippen molar-refractivity contribution in [3.63, 3.8) is 0 Å². The largest absolute Gasteiger partial charge is 0.348 e. The van der Waals surface area contributed by atoms with E-state index in [4.69, 9.17) is 0 Å². The van der Waals surface area contributed by atoms with Gasteiger partial charge in [-0.3, -0.25) is 9.59 Å². The molecule has 7 nitrogen and oxygen atoms in total. The Kier molecular flexibility index (Phi) is 6.36. The Bertz CT molecular complexity index is 1020. The summed E-state index contributed by atoms with van der Waals surface area (Å²) in [6.45, 7) is 0.880. The van der Waals surface area contributed by atoms with Crippen molar-refractivity contribution in [3.05, 3.63) is 40.2 Å². The van der Waals surface area contributed by atoms with Gasteiger partial charge in [0.25, 0.3) is 0 Å². The van der Waals surface area contributed by atoms with Crippen LogP contribution in [0.25, 0.3) is 15.7 Å². The minimum absolute atomic E-state index is 0.372. The number of hydrogen-bond donors (Lipinski definition) is 2. The third-order valence-electron chi connectivity index (χ3n) is 4.88. The van der Waals surface area contributed by atoms with E-state index in [1.165, 1.54) is 29.8 Å². The maximum atomic E-state index is 12.0. The van der Waals surface area contributed by atoms with Gasteiger partial charge in [0.05, 0.1) is 10.6 Å². The van der Waals surface area contributed by atoms with E-state index in [1.54, 1.807) is 11.3 Å². The maximum absolute atomic E-state index is 12.0. The molecule has 0 radical (unpaired) electrons. The van der Waals surface area contributed by atoms with Gasteiger partial charge in [0.2, 0.25) is 4.96 Å². The van der Waals surface area contributed by atoms with Gasteiger partial charge in [0.1, 0.15) is 0 Å². The van der Waals surface area contributed by atoms with Crippen molar-refractivity contribution in [3.8, 4) is 10.7 Å². The highest BCUT2D eigenvalue weighted by molar-refractivity contribution is 7.15. The van der Waals surface area contributed by atoms with Crippen LogP contribution >= 0.6 is 22.7 Å². The summed E-state index contributed by atoms with van der Waals surface area (Å²) >= 11 is 3.12. The van der Waals surface area contributed by atoms with Crippen LogP contribution in [0.3, 0.4) is 0 Å². The van der Waals surface area contributed by atoms with Gasteiger partial charge in [0, 0.05) is 24.9 Å². The molecule has 0 atom stereocenters. The van der Waals surface area contributed by atoms with Crippen molar-refractivity contribution in [1.29, 1.82) is 0 Å². The molecule has 0 aromatic carbocycles. The van der Waals surface area contributed by atoms with Gasteiger partial charge >= 0.3 is 11.8 Å². The SMILES string of the molecule is O=C(NCCC1=CCCCC1)C(=O)NCCc1csc2nc(-c3cccs3)nn12. The summed E-state index contributed by atoms with van der Waals surface area (Å²) in [5, 5.41) is 13.9. The molecule has 1 aliphatic carbocycles. The molecule has 0 bridgehead atoms. The minimum Gasteiger partial charge on any atom is -0.348 e. The zero-order chi connectivity index (χ0) is 20.1. The highest BCUT2D eigenvalue weighted by Crippen LogP contribution is 2.24. The first-order valence-corrected chi connectivity index (χ1v) is 11.6. The molecule has 3 aromatic rings. The molecule has 2 N–H and O–H groups in total. The fourth-order valence-corrected chi connectivity index (χ4v) is 4.85. The Morgan fingerprint density at radius 3 is 2.66 bits per heavy atom. The standard InChI is InChI=1S/C20H23N5O2S2/c26-18(21-10-8-14-5-2-1-3-6-14)19(27)22-11-9-15-13-29-20-23-17(24-25(15)20)16-7-4-12-28-16/h4-5,7,12-13H,1-3,6,8-11H2,(H,21,26)(H,22,27). The summed E-state index contributed by atoms with van der Waals surface area (Å²) in [7, 11) is 0. The maximum Gasteiger partial charge on any atom is 0.309 e. The van der Waals surface area contributed by atoms with Crippen LogP contribution in [0.4, 0.5) is 0 Å². The van der Waals surface area contributed by atoms with E-state index in [2.05, 4.69) is 26.8 Å². The monoisotopic (exact) mass is 429 g/mol. The van der Waals surface area contributed by atoms with Crippen LogP contribution in [0.5, 0.6) is 0 Å². The summed E-state index contributed by atoms with van der Waals surface area (Å²) in [5.41, 5.74) is 2.35. The number of thiazole rings is 1. The lowest BCUT2D eigenvalue weighted by Gasteiger charge is -2.12. The topological polar surface area (TPSA) is 88.4 Å². The van der Waals surface area contributed by atoms with Gasteiger partial charge in [-0.25, -0.2) is 4.52 Å². The molecule has 3 heterocycles. The van der Waals surface area contributed by atoms with Crippen molar-refractivity contribution in [2.45, 2.75) is 38.5 Å². The fraction of sp³-hybridized carbons (Fsp3) is 0.400. The molecular formula is C20H23N5O2S2. The lowest BCUT2D eigenvalue weighted by molar-refractivity contribution is -0.139. The van der Waals surface area contributed by atoms with E-state index in [9.17, 15) is 9.59 Å². The van der Waals surface area contributed by atoms with Crippen molar-refractivity contribution in [1.82, 2.24) is 25.2 Å². The van der Waals surface area contributed by atoms with Gasteiger partial charge in [-0.05, 0) is 43.6 Å². The lowest BCUT2D eigenvalue weighted by atomic mass is 9.97. The summed E-state index contributed by atoms with van der Waals surface area (Å²) in [6, 6.07) is 3.97. The van der Waals surface area contributed by atoms with Crippen molar-refractivity contribution < 1.29 is 9.59 Å². The number of fused-ring (bicyclic) bond motifs is 1. The van der Waals surface area contributed by atoms with E-state index in [-0.39, 0.29) is 0 Å². The highest BCUT2D eigenvalue weighted by Gasteiger charge is 2.15. The van der Waals surface area contributed by atoms with Gasteiger partial charge in [-0.2, -0.15) is 4.98 Å². The number of allylic oxidation sites excluding steroid dienone is 1. The average Bonchev–Trinajstić information content (AvgIpc) is 3.46. The Morgan fingerprint density at radius 1 is 1.10 bits per heavy atom. The number of nitrogens with one attached hydrogen (secondary N) is 2. The van der Waals surface area contributed by atoms with Crippen LogP contribution in [0.2, 0.25) is 0 Å². The third-order valence-corrected chi connectivity index (χ3v) is 6.61. The first-order valence-electron chi connectivity index (χ1n) is 9.81. The minimum atomic E-state index is -0.591. The third kappa shape index (κ3) is 4.91. The summed E-state index contributed by atoms with van der Waals surface area (Å²) < 4.78 is 1.81. The zero-order valence-electron chi connectivity index (χ0n) is 16.0. The molecule has 0 aliphatic heterocycles. The fourth-order valence-electron chi connectivity index (χ4n) is 3.34. The van der Waals surface area contributed by atoms with Crippen LogP contribution < -0.4 is 10.6 Å². The number of carbonyl (C=O) groups excluding carboxylic acids is 2. The molecule has 3 aromatic heterocycles. The summed E-state index contributed by atoms with van der Waals surface area (Å²) in [6.07, 6.45) is 8.36.